The Balaban J connectivity index is 2.10. The third kappa shape index (κ3) is 2.62. The first kappa shape index (κ1) is 11.6. The fraction of sp³-hybridized carbons (Fsp3) is 0.462. The standard InChI is InChI=1S/C13H14ClFO/c14-12-8-11(15)6-5-9(12)7-10-3-1-2-4-13(10)16/h5-6,8,10H,1-4,7H2. The summed E-state index contributed by atoms with van der Waals surface area (Å²) in [5.74, 6) is 0.0760. The van der Waals surface area contributed by atoms with Crippen molar-refractivity contribution in [3.8, 4) is 0 Å². The first-order chi connectivity index (χ1) is 7.66. The molecule has 0 heterocycles. The maximum Gasteiger partial charge on any atom is 0.136 e. The number of ketones is 1. The number of Topliss-reactive ketones (excluding diaryl/α,β-unsaturated/α-hetero) is 1. The van der Waals surface area contributed by atoms with E-state index in [9.17, 15) is 9.18 Å². The zero-order chi connectivity index (χ0) is 11.5. The van der Waals surface area contributed by atoms with Gasteiger partial charge in [0, 0.05) is 17.4 Å². The third-order valence-electron chi connectivity index (χ3n) is 3.16. The second-order valence-electron chi connectivity index (χ2n) is 4.35. The highest BCUT2D eigenvalue weighted by atomic mass is 35.5. The minimum absolute atomic E-state index is 0.0803. The van der Waals surface area contributed by atoms with Crippen LogP contribution in [0.15, 0.2) is 18.2 Å². The molecule has 0 spiro atoms. The summed E-state index contributed by atoms with van der Waals surface area (Å²) in [4.78, 5) is 11.7. The van der Waals surface area contributed by atoms with Gasteiger partial charge in [-0.05, 0) is 37.0 Å². The largest absolute Gasteiger partial charge is 0.299 e. The van der Waals surface area contributed by atoms with Crippen LogP contribution in [0.3, 0.4) is 0 Å². The highest BCUT2D eigenvalue weighted by Gasteiger charge is 2.23. The molecule has 16 heavy (non-hydrogen) atoms. The number of rotatable bonds is 2. The normalized spacial score (nSPS) is 21.1. The van der Waals surface area contributed by atoms with Crippen LogP contribution in [-0.4, -0.2) is 5.78 Å². The van der Waals surface area contributed by atoms with Crippen molar-refractivity contribution in [2.75, 3.05) is 0 Å². The van der Waals surface area contributed by atoms with Gasteiger partial charge in [-0.2, -0.15) is 0 Å². The molecular formula is C13H14ClFO. The van der Waals surface area contributed by atoms with Crippen molar-refractivity contribution in [3.63, 3.8) is 0 Å². The molecule has 1 aromatic carbocycles. The number of hydrogen-bond acceptors (Lipinski definition) is 1. The lowest BCUT2D eigenvalue weighted by molar-refractivity contribution is -0.124. The smallest absolute Gasteiger partial charge is 0.136 e. The molecule has 0 aliphatic heterocycles. The Morgan fingerprint density at radius 1 is 1.38 bits per heavy atom. The SMILES string of the molecule is O=C1CCCCC1Cc1ccc(F)cc1Cl. The van der Waals surface area contributed by atoms with Gasteiger partial charge in [-0.3, -0.25) is 4.79 Å². The summed E-state index contributed by atoms with van der Waals surface area (Å²) in [7, 11) is 0. The van der Waals surface area contributed by atoms with Crippen LogP contribution in [0.25, 0.3) is 0 Å². The molecule has 86 valence electrons. The van der Waals surface area contributed by atoms with Crippen LogP contribution in [0, 0.1) is 11.7 Å². The van der Waals surface area contributed by atoms with E-state index >= 15 is 0 Å². The van der Waals surface area contributed by atoms with E-state index in [-0.39, 0.29) is 11.7 Å². The van der Waals surface area contributed by atoms with E-state index in [4.69, 9.17) is 11.6 Å². The van der Waals surface area contributed by atoms with E-state index in [1.54, 1.807) is 6.07 Å². The molecule has 1 fully saturated rings. The predicted molar refractivity (Wildman–Crippen MR) is 62.1 cm³/mol. The molecule has 0 saturated heterocycles. The molecule has 1 nitrogen and oxygen atoms in total. The van der Waals surface area contributed by atoms with Crippen molar-refractivity contribution in [1.82, 2.24) is 0 Å². The number of benzene rings is 1. The van der Waals surface area contributed by atoms with E-state index in [1.165, 1.54) is 12.1 Å². The lowest BCUT2D eigenvalue weighted by Crippen LogP contribution is -2.21. The number of carbonyl (C=O) groups excluding carboxylic acids is 1. The van der Waals surface area contributed by atoms with E-state index in [1.807, 2.05) is 0 Å². The lowest BCUT2D eigenvalue weighted by atomic mass is 9.84. The van der Waals surface area contributed by atoms with Gasteiger partial charge in [0.25, 0.3) is 0 Å². The van der Waals surface area contributed by atoms with Gasteiger partial charge in [-0.15, -0.1) is 0 Å². The minimum atomic E-state index is -0.330. The second-order valence-corrected chi connectivity index (χ2v) is 4.76. The van der Waals surface area contributed by atoms with Crippen LogP contribution < -0.4 is 0 Å². The van der Waals surface area contributed by atoms with Gasteiger partial charge >= 0.3 is 0 Å². The Morgan fingerprint density at radius 3 is 2.88 bits per heavy atom. The van der Waals surface area contributed by atoms with Crippen molar-refractivity contribution in [2.45, 2.75) is 32.1 Å². The summed E-state index contributed by atoms with van der Waals surface area (Å²) in [5.41, 5.74) is 0.878. The number of carbonyl (C=O) groups is 1. The molecule has 0 bridgehead atoms. The summed E-state index contributed by atoms with van der Waals surface area (Å²) in [6, 6.07) is 4.39. The van der Waals surface area contributed by atoms with Crippen molar-refractivity contribution in [3.05, 3.63) is 34.6 Å². The summed E-state index contributed by atoms with van der Waals surface area (Å²) in [6.45, 7) is 0. The molecule has 1 aliphatic carbocycles. The van der Waals surface area contributed by atoms with Gasteiger partial charge in [0.15, 0.2) is 0 Å². The molecule has 3 heteroatoms. The van der Waals surface area contributed by atoms with Gasteiger partial charge in [0.1, 0.15) is 11.6 Å². The molecule has 0 aromatic heterocycles. The van der Waals surface area contributed by atoms with Gasteiger partial charge < -0.3 is 0 Å². The van der Waals surface area contributed by atoms with Crippen LogP contribution in [0.5, 0.6) is 0 Å². The van der Waals surface area contributed by atoms with Crippen LogP contribution in [-0.2, 0) is 11.2 Å². The van der Waals surface area contributed by atoms with E-state index in [0.29, 0.717) is 23.6 Å². The zero-order valence-electron chi connectivity index (χ0n) is 9.01. The topological polar surface area (TPSA) is 17.1 Å². The Morgan fingerprint density at radius 2 is 2.19 bits per heavy atom. The monoisotopic (exact) mass is 240 g/mol. The second kappa shape index (κ2) is 4.96. The maximum absolute atomic E-state index is 12.9. The van der Waals surface area contributed by atoms with Crippen molar-refractivity contribution in [1.29, 1.82) is 0 Å². The molecular weight excluding hydrogens is 227 g/mol. The molecule has 1 aliphatic rings. The molecule has 0 amide bonds. The molecule has 2 rings (SSSR count). The lowest BCUT2D eigenvalue weighted by Gasteiger charge is -2.20. The first-order valence-corrected chi connectivity index (χ1v) is 6.01. The van der Waals surface area contributed by atoms with E-state index in [0.717, 1.165) is 24.8 Å². The average Bonchev–Trinajstić information content (AvgIpc) is 2.25. The van der Waals surface area contributed by atoms with Crippen molar-refractivity contribution >= 4 is 17.4 Å². The first-order valence-electron chi connectivity index (χ1n) is 5.63. The van der Waals surface area contributed by atoms with Gasteiger partial charge in [-0.25, -0.2) is 4.39 Å². The van der Waals surface area contributed by atoms with Crippen molar-refractivity contribution < 1.29 is 9.18 Å². The Kier molecular flexibility index (Phi) is 3.59. The van der Waals surface area contributed by atoms with E-state index < -0.39 is 0 Å². The summed E-state index contributed by atoms with van der Waals surface area (Å²) < 4.78 is 12.9. The number of halogens is 2. The average molecular weight is 241 g/mol. The van der Waals surface area contributed by atoms with Gasteiger partial charge in [-0.1, -0.05) is 24.1 Å². The highest BCUT2D eigenvalue weighted by Crippen LogP contribution is 2.27. The number of hydrogen-bond donors (Lipinski definition) is 0. The van der Waals surface area contributed by atoms with Crippen LogP contribution >= 0.6 is 11.6 Å². The molecule has 0 N–H and O–H groups in total. The van der Waals surface area contributed by atoms with Crippen LogP contribution in [0.1, 0.15) is 31.2 Å². The maximum atomic E-state index is 12.9. The summed E-state index contributed by atoms with van der Waals surface area (Å²) in [6.07, 6.45) is 4.38. The summed E-state index contributed by atoms with van der Waals surface area (Å²) in [5, 5.41) is 0.429. The molecule has 1 saturated carbocycles. The van der Waals surface area contributed by atoms with Crippen LogP contribution in [0.2, 0.25) is 5.02 Å². The molecule has 1 aromatic rings. The summed E-state index contributed by atoms with van der Waals surface area (Å²) >= 11 is 5.95. The van der Waals surface area contributed by atoms with Crippen LogP contribution in [0.4, 0.5) is 4.39 Å². The quantitative estimate of drug-likeness (QED) is 0.769. The molecule has 1 unspecified atom stereocenters. The van der Waals surface area contributed by atoms with E-state index in [2.05, 4.69) is 0 Å². The molecule has 0 radical (unpaired) electrons. The highest BCUT2D eigenvalue weighted by molar-refractivity contribution is 6.31. The zero-order valence-corrected chi connectivity index (χ0v) is 9.77. The van der Waals surface area contributed by atoms with Gasteiger partial charge in [0.05, 0.1) is 0 Å². The van der Waals surface area contributed by atoms with Gasteiger partial charge in [0.2, 0.25) is 0 Å². The third-order valence-corrected chi connectivity index (χ3v) is 3.51. The Hall–Kier alpha value is -0.890. The Bertz CT molecular complexity index is 403. The fourth-order valence-corrected chi connectivity index (χ4v) is 2.47. The fourth-order valence-electron chi connectivity index (χ4n) is 2.22. The van der Waals surface area contributed by atoms with Crippen molar-refractivity contribution in [2.24, 2.45) is 5.92 Å². The minimum Gasteiger partial charge on any atom is -0.299 e. The predicted octanol–water partition coefficient (Wildman–Crippen LogP) is 3.78. The Labute approximate surface area is 99.6 Å². The molecule has 1 atom stereocenters.